The minimum Gasteiger partial charge on any atom is -0.354 e. The lowest BCUT2D eigenvalue weighted by molar-refractivity contribution is -0.121. The van der Waals surface area contributed by atoms with E-state index in [-0.39, 0.29) is 11.4 Å². The van der Waals surface area contributed by atoms with Gasteiger partial charge in [0.25, 0.3) is 0 Å². The fourth-order valence-electron chi connectivity index (χ4n) is 4.34. The van der Waals surface area contributed by atoms with Crippen LogP contribution in [0.5, 0.6) is 0 Å². The van der Waals surface area contributed by atoms with Gasteiger partial charge in [-0.2, -0.15) is 0 Å². The Morgan fingerprint density at radius 3 is 2.52 bits per heavy atom. The summed E-state index contributed by atoms with van der Waals surface area (Å²) < 4.78 is 0. The zero-order valence-electron chi connectivity index (χ0n) is 15.9. The highest BCUT2D eigenvalue weighted by molar-refractivity contribution is 7.09. The van der Waals surface area contributed by atoms with Gasteiger partial charge < -0.3 is 5.32 Å². The number of hydrogen-bond acceptors (Lipinski definition) is 4. The molecule has 0 radical (unpaired) electrons. The molecule has 2 fully saturated rings. The SMILES string of the molecule is CC(C)c1nc(CC(=O)NCC2(N3CCCCC3)CCCCC2)cs1. The molecule has 1 aromatic heterocycles. The lowest BCUT2D eigenvalue weighted by Gasteiger charge is -2.48. The molecule has 0 atom stereocenters. The van der Waals surface area contributed by atoms with Crippen molar-refractivity contribution in [3.8, 4) is 0 Å². The maximum atomic E-state index is 12.5. The minimum atomic E-state index is 0.127. The molecule has 4 nitrogen and oxygen atoms in total. The lowest BCUT2D eigenvalue weighted by Crippen LogP contribution is -2.58. The first-order valence-electron chi connectivity index (χ1n) is 10.1. The molecule has 5 heteroatoms. The van der Waals surface area contributed by atoms with Gasteiger partial charge in [0, 0.05) is 23.4 Å². The van der Waals surface area contributed by atoms with Crippen LogP contribution in [0.15, 0.2) is 5.38 Å². The number of aromatic nitrogens is 1. The molecule has 3 rings (SSSR count). The molecule has 0 spiro atoms. The molecular formula is C20H33N3OS. The normalized spacial score (nSPS) is 21.4. The van der Waals surface area contributed by atoms with Crippen LogP contribution in [0.1, 0.15) is 81.8 Å². The van der Waals surface area contributed by atoms with Crippen LogP contribution in [0.25, 0.3) is 0 Å². The van der Waals surface area contributed by atoms with E-state index in [0.717, 1.165) is 17.2 Å². The first kappa shape index (κ1) is 18.8. The second-order valence-electron chi connectivity index (χ2n) is 8.12. The quantitative estimate of drug-likeness (QED) is 0.827. The van der Waals surface area contributed by atoms with Gasteiger partial charge in [-0.3, -0.25) is 9.69 Å². The highest BCUT2D eigenvalue weighted by Gasteiger charge is 2.38. The molecule has 2 heterocycles. The van der Waals surface area contributed by atoms with Crippen molar-refractivity contribution in [2.45, 2.75) is 83.1 Å². The number of likely N-dealkylation sites (tertiary alicyclic amines) is 1. The van der Waals surface area contributed by atoms with Gasteiger partial charge in [0.05, 0.1) is 17.1 Å². The molecule has 2 aliphatic rings. The third-order valence-electron chi connectivity index (χ3n) is 5.83. The van der Waals surface area contributed by atoms with Gasteiger partial charge in [0.2, 0.25) is 5.91 Å². The summed E-state index contributed by atoms with van der Waals surface area (Å²) in [6.07, 6.45) is 10.8. The Morgan fingerprint density at radius 2 is 1.88 bits per heavy atom. The smallest absolute Gasteiger partial charge is 0.226 e. The van der Waals surface area contributed by atoms with Crippen LogP contribution in [-0.2, 0) is 11.2 Å². The van der Waals surface area contributed by atoms with Gasteiger partial charge in [-0.05, 0) is 38.8 Å². The Morgan fingerprint density at radius 1 is 1.20 bits per heavy atom. The van der Waals surface area contributed by atoms with Crippen molar-refractivity contribution in [2.75, 3.05) is 19.6 Å². The number of carbonyl (C=O) groups excluding carboxylic acids is 1. The maximum absolute atomic E-state index is 12.5. The summed E-state index contributed by atoms with van der Waals surface area (Å²) in [6, 6.07) is 0. The Hall–Kier alpha value is -0.940. The fraction of sp³-hybridized carbons (Fsp3) is 0.800. The van der Waals surface area contributed by atoms with Crippen LogP contribution >= 0.6 is 11.3 Å². The van der Waals surface area contributed by atoms with Crippen molar-refractivity contribution < 1.29 is 4.79 Å². The summed E-state index contributed by atoms with van der Waals surface area (Å²) in [4.78, 5) is 19.8. The first-order chi connectivity index (χ1) is 12.1. The molecule has 1 amide bonds. The van der Waals surface area contributed by atoms with E-state index < -0.39 is 0 Å². The van der Waals surface area contributed by atoms with E-state index in [9.17, 15) is 4.79 Å². The number of nitrogens with zero attached hydrogens (tertiary/aromatic N) is 2. The van der Waals surface area contributed by atoms with Crippen LogP contribution < -0.4 is 5.32 Å². The van der Waals surface area contributed by atoms with E-state index >= 15 is 0 Å². The topological polar surface area (TPSA) is 45.2 Å². The molecule has 140 valence electrons. The Bertz CT molecular complexity index is 557. The second-order valence-corrected chi connectivity index (χ2v) is 9.01. The van der Waals surface area contributed by atoms with E-state index in [2.05, 4.69) is 29.0 Å². The number of nitrogens with one attached hydrogen (secondary N) is 1. The zero-order valence-corrected chi connectivity index (χ0v) is 16.7. The summed E-state index contributed by atoms with van der Waals surface area (Å²) in [6.45, 7) is 7.52. The first-order valence-corrected chi connectivity index (χ1v) is 10.9. The molecule has 1 N–H and O–H groups in total. The van der Waals surface area contributed by atoms with Gasteiger partial charge in [-0.25, -0.2) is 4.98 Å². The summed E-state index contributed by atoms with van der Waals surface area (Å²) in [5.41, 5.74) is 1.13. The molecule has 1 aliphatic heterocycles. The van der Waals surface area contributed by atoms with E-state index in [1.54, 1.807) is 11.3 Å². The van der Waals surface area contributed by atoms with Gasteiger partial charge in [-0.15, -0.1) is 11.3 Å². The highest BCUT2D eigenvalue weighted by atomic mass is 32.1. The number of piperidine rings is 1. The summed E-state index contributed by atoms with van der Waals surface area (Å²) in [7, 11) is 0. The molecule has 0 unspecified atom stereocenters. The molecule has 25 heavy (non-hydrogen) atoms. The van der Waals surface area contributed by atoms with Gasteiger partial charge >= 0.3 is 0 Å². The maximum Gasteiger partial charge on any atom is 0.226 e. The molecule has 0 bridgehead atoms. The Labute approximate surface area is 156 Å². The second kappa shape index (κ2) is 8.63. The number of thiazole rings is 1. The van der Waals surface area contributed by atoms with E-state index in [0.29, 0.717) is 12.3 Å². The van der Waals surface area contributed by atoms with Crippen molar-refractivity contribution in [1.29, 1.82) is 0 Å². The van der Waals surface area contributed by atoms with Crippen molar-refractivity contribution in [3.05, 3.63) is 16.1 Å². The van der Waals surface area contributed by atoms with Crippen LogP contribution in [0, 0.1) is 0 Å². The third-order valence-corrected chi connectivity index (χ3v) is 7.02. The summed E-state index contributed by atoms with van der Waals surface area (Å²) in [5.74, 6) is 0.564. The van der Waals surface area contributed by atoms with E-state index in [1.165, 1.54) is 64.5 Å². The molecule has 1 aliphatic carbocycles. The monoisotopic (exact) mass is 363 g/mol. The molecule has 1 aromatic rings. The molecular weight excluding hydrogens is 330 g/mol. The molecule has 1 saturated heterocycles. The van der Waals surface area contributed by atoms with Crippen LogP contribution in [0.2, 0.25) is 0 Å². The third kappa shape index (κ3) is 4.82. The minimum absolute atomic E-state index is 0.127. The van der Waals surface area contributed by atoms with Crippen LogP contribution in [-0.4, -0.2) is 41.0 Å². The van der Waals surface area contributed by atoms with Crippen molar-refractivity contribution in [2.24, 2.45) is 0 Å². The molecule has 0 aromatic carbocycles. The van der Waals surface area contributed by atoms with Gasteiger partial charge in [0.1, 0.15) is 0 Å². The number of hydrogen-bond donors (Lipinski definition) is 1. The predicted molar refractivity (Wildman–Crippen MR) is 104 cm³/mol. The van der Waals surface area contributed by atoms with Crippen molar-refractivity contribution in [3.63, 3.8) is 0 Å². The number of amides is 1. The van der Waals surface area contributed by atoms with E-state index in [4.69, 9.17) is 0 Å². The van der Waals surface area contributed by atoms with Crippen molar-refractivity contribution >= 4 is 17.2 Å². The number of rotatable bonds is 6. The van der Waals surface area contributed by atoms with Crippen molar-refractivity contribution in [1.82, 2.24) is 15.2 Å². The van der Waals surface area contributed by atoms with Crippen LogP contribution in [0.3, 0.4) is 0 Å². The van der Waals surface area contributed by atoms with Crippen LogP contribution in [0.4, 0.5) is 0 Å². The summed E-state index contributed by atoms with van der Waals surface area (Å²) in [5, 5.41) is 6.42. The molecule has 1 saturated carbocycles. The van der Waals surface area contributed by atoms with Gasteiger partial charge in [-0.1, -0.05) is 39.5 Å². The predicted octanol–water partition coefficient (Wildman–Crippen LogP) is 4.11. The fourth-order valence-corrected chi connectivity index (χ4v) is 5.18. The number of carbonyl (C=O) groups is 1. The average Bonchev–Trinajstić information content (AvgIpc) is 3.10. The largest absolute Gasteiger partial charge is 0.354 e. The lowest BCUT2D eigenvalue weighted by atomic mass is 9.79. The highest BCUT2D eigenvalue weighted by Crippen LogP contribution is 2.35. The summed E-state index contributed by atoms with van der Waals surface area (Å²) >= 11 is 1.67. The standard InChI is InChI=1S/C20H33N3OS/c1-16(2)19-22-17(14-25-19)13-18(24)21-15-20(9-5-3-6-10-20)23-11-7-4-8-12-23/h14,16H,3-13,15H2,1-2H3,(H,21,24). The van der Waals surface area contributed by atoms with E-state index in [1.807, 2.05) is 5.38 Å². The van der Waals surface area contributed by atoms with Gasteiger partial charge in [0.15, 0.2) is 0 Å². The Kier molecular flexibility index (Phi) is 6.50. The average molecular weight is 364 g/mol. The Balaban J connectivity index is 1.57. The zero-order chi connectivity index (χ0) is 17.7.